The highest BCUT2D eigenvalue weighted by Crippen LogP contribution is 2.13. The summed E-state index contributed by atoms with van der Waals surface area (Å²) in [4.78, 5) is 27.5. The molecule has 2 aromatic rings. The zero-order valence-electron chi connectivity index (χ0n) is 11.3. The highest BCUT2D eigenvalue weighted by molar-refractivity contribution is 7.98. The number of methoxy groups -OCH3 is 1. The second-order valence-electron chi connectivity index (χ2n) is 4.31. The van der Waals surface area contributed by atoms with Gasteiger partial charge in [-0.3, -0.25) is 14.0 Å². The van der Waals surface area contributed by atoms with E-state index in [1.165, 1.54) is 35.5 Å². The van der Waals surface area contributed by atoms with Gasteiger partial charge in [0.15, 0.2) is 0 Å². The summed E-state index contributed by atoms with van der Waals surface area (Å²) in [6, 6.07) is 4.12. The Bertz CT molecular complexity index is 719. The first-order valence-corrected chi connectivity index (χ1v) is 7.63. The summed E-state index contributed by atoms with van der Waals surface area (Å²) in [5.41, 5.74) is 6.59. The number of thioether (sulfide) groups is 1. The maximum absolute atomic E-state index is 12.0. The van der Waals surface area contributed by atoms with Gasteiger partial charge in [0.1, 0.15) is 11.7 Å². The van der Waals surface area contributed by atoms with Crippen molar-refractivity contribution in [2.75, 3.05) is 12.9 Å². The van der Waals surface area contributed by atoms with Crippen LogP contribution in [-0.4, -0.2) is 34.3 Å². The lowest BCUT2D eigenvalue weighted by atomic mass is 10.4. The Kier molecular flexibility index (Phi) is 5.22. The Labute approximate surface area is 130 Å². The number of pyridine rings is 1. The van der Waals surface area contributed by atoms with E-state index in [9.17, 15) is 9.59 Å². The van der Waals surface area contributed by atoms with Crippen molar-refractivity contribution in [3.8, 4) is 0 Å². The van der Waals surface area contributed by atoms with Gasteiger partial charge in [0.25, 0.3) is 5.56 Å². The quantitative estimate of drug-likeness (QED) is 0.827. The molecule has 1 unspecified atom stereocenters. The van der Waals surface area contributed by atoms with Crippen LogP contribution in [0.15, 0.2) is 29.2 Å². The van der Waals surface area contributed by atoms with Crippen LogP contribution in [0.5, 0.6) is 0 Å². The summed E-state index contributed by atoms with van der Waals surface area (Å²) in [6.07, 6.45) is 1.52. The second-order valence-corrected chi connectivity index (χ2v) is 5.77. The number of hydrogen-bond acceptors (Lipinski definition) is 6. The molecule has 0 amide bonds. The van der Waals surface area contributed by atoms with Gasteiger partial charge in [0.05, 0.1) is 17.8 Å². The molecule has 2 rings (SSSR count). The fourth-order valence-electron chi connectivity index (χ4n) is 1.71. The molecule has 0 aliphatic rings. The number of esters is 1. The Morgan fingerprint density at radius 2 is 2.33 bits per heavy atom. The summed E-state index contributed by atoms with van der Waals surface area (Å²) in [5, 5.41) is 0.470. The molecule has 0 aliphatic heterocycles. The number of aromatic nitrogens is 2. The molecule has 112 valence electrons. The van der Waals surface area contributed by atoms with Crippen LogP contribution in [0.2, 0.25) is 5.02 Å². The van der Waals surface area contributed by atoms with E-state index in [4.69, 9.17) is 17.3 Å². The minimum absolute atomic E-state index is 0.199. The minimum Gasteiger partial charge on any atom is -0.468 e. The molecular formula is C13H14ClN3O3S. The summed E-state index contributed by atoms with van der Waals surface area (Å²) in [5.74, 6) is 0.427. The summed E-state index contributed by atoms with van der Waals surface area (Å²) >= 11 is 7.26. The molecule has 2 aromatic heterocycles. The molecule has 0 fully saturated rings. The number of ether oxygens (including phenoxy) is 1. The van der Waals surface area contributed by atoms with Crippen molar-refractivity contribution >= 4 is 35.0 Å². The van der Waals surface area contributed by atoms with Crippen LogP contribution in [-0.2, 0) is 15.3 Å². The van der Waals surface area contributed by atoms with Crippen molar-refractivity contribution in [3.05, 3.63) is 45.5 Å². The Hall–Kier alpha value is -1.57. The van der Waals surface area contributed by atoms with Crippen LogP contribution < -0.4 is 11.3 Å². The van der Waals surface area contributed by atoms with E-state index in [0.29, 0.717) is 27.9 Å². The molecule has 0 saturated carbocycles. The van der Waals surface area contributed by atoms with Crippen molar-refractivity contribution in [1.82, 2.24) is 9.38 Å². The summed E-state index contributed by atoms with van der Waals surface area (Å²) in [7, 11) is 1.30. The van der Waals surface area contributed by atoms with Gasteiger partial charge in [0, 0.05) is 23.8 Å². The molecule has 0 aliphatic carbocycles. The molecule has 0 radical (unpaired) electrons. The van der Waals surface area contributed by atoms with E-state index in [1.54, 1.807) is 12.1 Å². The normalized spacial score (nSPS) is 12.3. The highest BCUT2D eigenvalue weighted by Gasteiger charge is 2.13. The van der Waals surface area contributed by atoms with Gasteiger partial charge in [-0.05, 0) is 12.1 Å². The number of hydrogen-bond donors (Lipinski definition) is 1. The average Bonchev–Trinajstić information content (AvgIpc) is 2.47. The maximum Gasteiger partial charge on any atom is 0.323 e. The van der Waals surface area contributed by atoms with E-state index in [-0.39, 0.29) is 5.56 Å². The molecule has 21 heavy (non-hydrogen) atoms. The fraction of sp³-hybridized carbons (Fsp3) is 0.308. The van der Waals surface area contributed by atoms with Gasteiger partial charge < -0.3 is 10.5 Å². The summed E-state index contributed by atoms with van der Waals surface area (Å²) < 4.78 is 5.93. The standard InChI is InChI=1S/C13H14ClN3O3S/c1-20-13(19)10(15)7-21-6-9-4-12(18)17-5-8(14)2-3-11(17)16-9/h2-5,10H,6-7,15H2,1H3. The fourth-order valence-corrected chi connectivity index (χ4v) is 2.74. The number of fused-ring (bicyclic) bond motifs is 1. The van der Waals surface area contributed by atoms with E-state index in [2.05, 4.69) is 9.72 Å². The first kappa shape index (κ1) is 15.8. The van der Waals surface area contributed by atoms with Gasteiger partial charge >= 0.3 is 5.97 Å². The molecule has 6 nitrogen and oxygen atoms in total. The first-order valence-electron chi connectivity index (χ1n) is 6.10. The molecule has 2 N–H and O–H groups in total. The van der Waals surface area contributed by atoms with Crippen LogP contribution in [0.25, 0.3) is 5.65 Å². The predicted octanol–water partition coefficient (Wildman–Crippen LogP) is 1.08. The van der Waals surface area contributed by atoms with Crippen molar-refractivity contribution in [2.45, 2.75) is 11.8 Å². The molecule has 0 aromatic carbocycles. The average molecular weight is 328 g/mol. The van der Waals surface area contributed by atoms with E-state index in [0.717, 1.165) is 0 Å². The van der Waals surface area contributed by atoms with Crippen molar-refractivity contribution in [2.24, 2.45) is 5.73 Å². The van der Waals surface area contributed by atoms with Gasteiger partial charge in [-0.1, -0.05) is 11.6 Å². The van der Waals surface area contributed by atoms with Crippen LogP contribution in [0.3, 0.4) is 0 Å². The zero-order chi connectivity index (χ0) is 15.4. The highest BCUT2D eigenvalue weighted by atomic mass is 35.5. The van der Waals surface area contributed by atoms with Crippen LogP contribution in [0.4, 0.5) is 0 Å². The van der Waals surface area contributed by atoms with Crippen molar-refractivity contribution in [3.63, 3.8) is 0 Å². The number of carbonyl (C=O) groups is 1. The SMILES string of the molecule is COC(=O)C(N)CSCc1cc(=O)n2cc(Cl)ccc2n1. The lowest BCUT2D eigenvalue weighted by Crippen LogP contribution is -2.33. The van der Waals surface area contributed by atoms with Crippen LogP contribution >= 0.6 is 23.4 Å². The monoisotopic (exact) mass is 327 g/mol. The molecule has 8 heteroatoms. The topological polar surface area (TPSA) is 86.7 Å². The molecule has 0 spiro atoms. The number of carbonyl (C=O) groups excluding carboxylic acids is 1. The maximum atomic E-state index is 12.0. The molecule has 0 saturated heterocycles. The van der Waals surface area contributed by atoms with Gasteiger partial charge in [-0.2, -0.15) is 11.8 Å². The van der Waals surface area contributed by atoms with Gasteiger partial charge in [-0.25, -0.2) is 4.98 Å². The zero-order valence-corrected chi connectivity index (χ0v) is 12.9. The third-order valence-electron chi connectivity index (χ3n) is 2.73. The van der Waals surface area contributed by atoms with Crippen LogP contribution in [0, 0.1) is 0 Å². The van der Waals surface area contributed by atoms with E-state index < -0.39 is 12.0 Å². The lowest BCUT2D eigenvalue weighted by Gasteiger charge is -2.08. The number of nitrogens with two attached hydrogens (primary N) is 1. The van der Waals surface area contributed by atoms with Crippen molar-refractivity contribution < 1.29 is 9.53 Å². The Balaban J connectivity index is 2.08. The predicted molar refractivity (Wildman–Crippen MR) is 82.6 cm³/mol. The van der Waals surface area contributed by atoms with Crippen LogP contribution in [0.1, 0.15) is 5.69 Å². The number of halogens is 1. The number of rotatable bonds is 5. The molecule has 1 atom stereocenters. The van der Waals surface area contributed by atoms with E-state index in [1.807, 2.05) is 0 Å². The molecule has 2 heterocycles. The second kappa shape index (κ2) is 6.93. The molecule has 0 bridgehead atoms. The summed E-state index contributed by atoms with van der Waals surface area (Å²) in [6.45, 7) is 0. The lowest BCUT2D eigenvalue weighted by molar-refractivity contribution is -0.141. The largest absolute Gasteiger partial charge is 0.468 e. The van der Waals surface area contributed by atoms with Gasteiger partial charge in [-0.15, -0.1) is 0 Å². The smallest absolute Gasteiger partial charge is 0.323 e. The molecular weight excluding hydrogens is 314 g/mol. The van der Waals surface area contributed by atoms with E-state index >= 15 is 0 Å². The Morgan fingerprint density at radius 1 is 1.57 bits per heavy atom. The Morgan fingerprint density at radius 3 is 3.05 bits per heavy atom. The van der Waals surface area contributed by atoms with Crippen molar-refractivity contribution in [1.29, 1.82) is 0 Å². The third-order valence-corrected chi connectivity index (χ3v) is 4.05. The third kappa shape index (κ3) is 3.96. The number of nitrogens with zero attached hydrogens (tertiary/aromatic N) is 2. The minimum atomic E-state index is -0.680. The van der Waals surface area contributed by atoms with Gasteiger partial charge in [0.2, 0.25) is 0 Å². The first-order chi connectivity index (χ1) is 10.0.